The van der Waals surface area contributed by atoms with Crippen LogP contribution in [0.4, 0.5) is 0 Å². The van der Waals surface area contributed by atoms with E-state index in [1.807, 2.05) is 36.4 Å². The smallest absolute Gasteiger partial charge is 0.128 e. The molecule has 0 radical (unpaired) electrons. The Balaban J connectivity index is 2.43. The van der Waals surface area contributed by atoms with Crippen LogP contribution in [0, 0.1) is 0 Å². The van der Waals surface area contributed by atoms with E-state index in [0.717, 1.165) is 21.8 Å². The number of pyridine rings is 1. The Morgan fingerprint density at radius 2 is 1.88 bits per heavy atom. The van der Waals surface area contributed by atoms with Gasteiger partial charge in [-0.25, -0.2) is 4.98 Å². The summed E-state index contributed by atoms with van der Waals surface area (Å²) < 4.78 is 5.12. The summed E-state index contributed by atoms with van der Waals surface area (Å²) in [5, 5.41) is 11.7. The number of fused-ring (bicyclic) bond motifs is 2. The Morgan fingerprint density at radius 1 is 1.06 bits per heavy atom. The van der Waals surface area contributed by atoms with Gasteiger partial charge in [-0.05, 0) is 12.1 Å². The Labute approximate surface area is 98.3 Å². The third kappa shape index (κ3) is 1.56. The molecule has 1 heterocycles. The molecule has 3 heteroatoms. The largest absolute Gasteiger partial charge is 0.507 e. The maximum absolute atomic E-state index is 9.92. The van der Waals surface area contributed by atoms with Crippen LogP contribution in [0.2, 0.25) is 0 Å². The van der Waals surface area contributed by atoms with Gasteiger partial charge in [0.05, 0.1) is 18.1 Å². The van der Waals surface area contributed by atoms with Crippen molar-refractivity contribution in [2.75, 3.05) is 7.11 Å². The number of benzene rings is 2. The van der Waals surface area contributed by atoms with E-state index in [1.165, 1.54) is 0 Å². The zero-order valence-electron chi connectivity index (χ0n) is 9.34. The molecule has 0 spiro atoms. The van der Waals surface area contributed by atoms with Crippen LogP contribution < -0.4 is 4.74 Å². The standard InChI is InChI=1S/C14H11NO2/c1-17-10-7-13-11(14(16)8-10)6-9-4-2-3-5-12(9)15-13/h2-8,16H,1H3. The van der Waals surface area contributed by atoms with E-state index in [2.05, 4.69) is 4.98 Å². The quantitative estimate of drug-likeness (QED) is 0.647. The fourth-order valence-corrected chi connectivity index (χ4v) is 1.95. The van der Waals surface area contributed by atoms with E-state index in [0.29, 0.717) is 5.75 Å². The highest BCUT2D eigenvalue weighted by molar-refractivity contribution is 5.96. The monoisotopic (exact) mass is 225 g/mol. The first-order valence-electron chi connectivity index (χ1n) is 5.34. The molecule has 0 fully saturated rings. The third-order valence-corrected chi connectivity index (χ3v) is 2.82. The number of methoxy groups -OCH3 is 1. The molecule has 2 aromatic carbocycles. The van der Waals surface area contributed by atoms with Crippen molar-refractivity contribution < 1.29 is 9.84 Å². The molecule has 3 aromatic rings. The van der Waals surface area contributed by atoms with Crippen molar-refractivity contribution in [2.45, 2.75) is 0 Å². The van der Waals surface area contributed by atoms with Crippen molar-refractivity contribution in [3.8, 4) is 11.5 Å². The van der Waals surface area contributed by atoms with Gasteiger partial charge in [-0.2, -0.15) is 0 Å². The van der Waals surface area contributed by atoms with E-state index >= 15 is 0 Å². The zero-order valence-corrected chi connectivity index (χ0v) is 9.34. The number of phenols is 1. The van der Waals surface area contributed by atoms with E-state index < -0.39 is 0 Å². The van der Waals surface area contributed by atoms with Gasteiger partial charge in [0.1, 0.15) is 11.5 Å². The molecule has 84 valence electrons. The molecule has 0 bridgehead atoms. The lowest BCUT2D eigenvalue weighted by Gasteiger charge is -2.06. The Hall–Kier alpha value is -2.29. The van der Waals surface area contributed by atoms with E-state index in [4.69, 9.17) is 4.74 Å². The summed E-state index contributed by atoms with van der Waals surface area (Å²) in [6, 6.07) is 13.2. The molecule has 0 aliphatic heterocycles. The molecule has 3 rings (SSSR count). The maximum Gasteiger partial charge on any atom is 0.128 e. The van der Waals surface area contributed by atoms with E-state index in [1.54, 1.807) is 13.2 Å². The van der Waals surface area contributed by atoms with Crippen molar-refractivity contribution >= 4 is 21.8 Å². The molecule has 0 saturated carbocycles. The fraction of sp³-hybridized carbons (Fsp3) is 0.0714. The minimum Gasteiger partial charge on any atom is -0.507 e. The molecule has 0 amide bonds. The summed E-state index contributed by atoms with van der Waals surface area (Å²) in [4.78, 5) is 4.51. The molecule has 0 atom stereocenters. The van der Waals surface area contributed by atoms with Gasteiger partial charge in [0.2, 0.25) is 0 Å². The van der Waals surface area contributed by atoms with Crippen molar-refractivity contribution in [2.24, 2.45) is 0 Å². The van der Waals surface area contributed by atoms with Crippen LogP contribution in [0.3, 0.4) is 0 Å². The topological polar surface area (TPSA) is 42.4 Å². The predicted octanol–water partition coefficient (Wildman–Crippen LogP) is 3.10. The summed E-state index contributed by atoms with van der Waals surface area (Å²) in [7, 11) is 1.57. The van der Waals surface area contributed by atoms with Crippen LogP contribution in [0.15, 0.2) is 42.5 Å². The van der Waals surface area contributed by atoms with Gasteiger partial charge in [-0.3, -0.25) is 0 Å². The molecule has 1 N–H and O–H groups in total. The zero-order chi connectivity index (χ0) is 11.8. The molecule has 17 heavy (non-hydrogen) atoms. The SMILES string of the molecule is COc1cc(O)c2cc3ccccc3nc2c1. The van der Waals surface area contributed by atoms with Crippen molar-refractivity contribution in [1.82, 2.24) is 4.98 Å². The molecule has 1 aromatic heterocycles. The number of aromatic hydroxyl groups is 1. The number of para-hydroxylation sites is 1. The number of ether oxygens (including phenoxy) is 1. The highest BCUT2D eigenvalue weighted by Crippen LogP contribution is 2.31. The lowest BCUT2D eigenvalue weighted by atomic mass is 10.1. The van der Waals surface area contributed by atoms with Gasteiger partial charge < -0.3 is 9.84 Å². The molecule has 0 aliphatic rings. The second-order valence-electron chi connectivity index (χ2n) is 3.89. The molecule has 3 nitrogen and oxygen atoms in total. The average molecular weight is 225 g/mol. The number of rotatable bonds is 1. The van der Waals surface area contributed by atoms with Gasteiger partial charge in [0.15, 0.2) is 0 Å². The second-order valence-corrected chi connectivity index (χ2v) is 3.89. The van der Waals surface area contributed by atoms with Crippen molar-refractivity contribution in [1.29, 1.82) is 0 Å². The molecule has 0 saturated heterocycles. The van der Waals surface area contributed by atoms with Gasteiger partial charge in [-0.15, -0.1) is 0 Å². The van der Waals surface area contributed by atoms with Crippen molar-refractivity contribution in [3.05, 3.63) is 42.5 Å². The fourth-order valence-electron chi connectivity index (χ4n) is 1.95. The van der Waals surface area contributed by atoms with Crippen LogP contribution in [-0.4, -0.2) is 17.2 Å². The average Bonchev–Trinajstić information content (AvgIpc) is 2.36. The summed E-state index contributed by atoms with van der Waals surface area (Å²) in [5.74, 6) is 0.801. The van der Waals surface area contributed by atoms with E-state index in [-0.39, 0.29) is 5.75 Å². The van der Waals surface area contributed by atoms with Gasteiger partial charge >= 0.3 is 0 Å². The minimum absolute atomic E-state index is 0.192. The summed E-state index contributed by atoms with van der Waals surface area (Å²) in [5.41, 5.74) is 1.65. The van der Waals surface area contributed by atoms with Crippen LogP contribution >= 0.6 is 0 Å². The first-order chi connectivity index (χ1) is 8.28. The third-order valence-electron chi connectivity index (χ3n) is 2.82. The number of nitrogens with zero attached hydrogens (tertiary/aromatic N) is 1. The van der Waals surface area contributed by atoms with Crippen LogP contribution in [0.5, 0.6) is 11.5 Å². The predicted molar refractivity (Wildman–Crippen MR) is 67.5 cm³/mol. The molecule has 0 unspecified atom stereocenters. The highest BCUT2D eigenvalue weighted by atomic mass is 16.5. The summed E-state index contributed by atoms with van der Waals surface area (Å²) >= 11 is 0. The number of hydrogen-bond donors (Lipinski definition) is 1. The number of aromatic nitrogens is 1. The number of hydrogen-bond acceptors (Lipinski definition) is 3. The van der Waals surface area contributed by atoms with Crippen LogP contribution in [0.1, 0.15) is 0 Å². The highest BCUT2D eigenvalue weighted by Gasteiger charge is 2.06. The first kappa shape index (κ1) is 9.90. The normalized spacial score (nSPS) is 10.9. The lowest BCUT2D eigenvalue weighted by Crippen LogP contribution is -1.86. The lowest BCUT2D eigenvalue weighted by molar-refractivity contribution is 0.409. The van der Waals surface area contributed by atoms with Crippen LogP contribution in [0.25, 0.3) is 21.8 Å². The van der Waals surface area contributed by atoms with Crippen molar-refractivity contribution in [3.63, 3.8) is 0 Å². The number of phenolic OH excluding ortho intramolecular Hbond substituents is 1. The second kappa shape index (κ2) is 3.63. The molecular weight excluding hydrogens is 214 g/mol. The maximum atomic E-state index is 9.92. The van der Waals surface area contributed by atoms with Crippen LogP contribution in [-0.2, 0) is 0 Å². The minimum atomic E-state index is 0.192. The summed E-state index contributed by atoms with van der Waals surface area (Å²) in [6.07, 6.45) is 0. The van der Waals surface area contributed by atoms with E-state index in [9.17, 15) is 5.11 Å². The molecule has 0 aliphatic carbocycles. The summed E-state index contributed by atoms with van der Waals surface area (Å²) in [6.45, 7) is 0. The molecular formula is C14H11NO2. The van der Waals surface area contributed by atoms with Gasteiger partial charge in [0, 0.05) is 22.9 Å². The van der Waals surface area contributed by atoms with Gasteiger partial charge in [-0.1, -0.05) is 18.2 Å². The van der Waals surface area contributed by atoms with Gasteiger partial charge in [0.25, 0.3) is 0 Å². The Bertz CT molecular complexity index is 707. The Morgan fingerprint density at radius 3 is 2.71 bits per heavy atom. The Kier molecular flexibility index (Phi) is 2.11. The first-order valence-corrected chi connectivity index (χ1v) is 5.34.